The highest BCUT2D eigenvalue weighted by atomic mass is 35.5. The number of carbonyl (C=O) groups excluding carboxylic acids is 1. The molecule has 8 nitrogen and oxygen atoms in total. The monoisotopic (exact) mass is 496 g/mol. The molecule has 180 valence electrons. The van der Waals surface area contributed by atoms with Crippen molar-refractivity contribution in [2.24, 2.45) is 5.92 Å². The summed E-state index contributed by atoms with van der Waals surface area (Å²) >= 11 is 6.05. The molecule has 1 amide bonds. The van der Waals surface area contributed by atoms with Crippen LogP contribution in [-0.2, 0) is 21.4 Å². The van der Waals surface area contributed by atoms with E-state index in [9.17, 15) is 13.2 Å². The van der Waals surface area contributed by atoms with Crippen LogP contribution in [0.25, 0.3) is 0 Å². The molecule has 2 aromatic rings. The molecule has 10 heteroatoms. The summed E-state index contributed by atoms with van der Waals surface area (Å²) in [6.45, 7) is 2.84. The molecule has 2 aromatic carbocycles. The van der Waals surface area contributed by atoms with Crippen LogP contribution in [0.3, 0.4) is 0 Å². The molecule has 0 spiro atoms. The Bertz CT molecular complexity index is 1060. The summed E-state index contributed by atoms with van der Waals surface area (Å²) in [5.41, 5.74) is 0.750. The number of nitrogens with one attached hydrogen (secondary N) is 1. The molecule has 0 bridgehead atoms. The number of rotatable bonds is 9. The minimum Gasteiger partial charge on any atom is -0.496 e. The molecule has 3 rings (SSSR count). The lowest BCUT2D eigenvalue weighted by atomic mass is 9.97. The quantitative estimate of drug-likeness (QED) is 0.571. The van der Waals surface area contributed by atoms with Crippen molar-refractivity contribution in [1.82, 2.24) is 9.62 Å². The van der Waals surface area contributed by atoms with E-state index in [1.54, 1.807) is 45.4 Å². The van der Waals surface area contributed by atoms with Gasteiger partial charge in [0.05, 0.1) is 32.9 Å². The SMILES string of the molecule is CCOc1ccc(Cl)cc1S(=O)(=O)N1CCC(C(=O)NCc2c(OC)cccc2OC)CC1. The van der Waals surface area contributed by atoms with Gasteiger partial charge in [-0.1, -0.05) is 17.7 Å². The molecule has 0 unspecified atom stereocenters. The number of hydrogen-bond acceptors (Lipinski definition) is 6. The fourth-order valence-electron chi connectivity index (χ4n) is 3.88. The zero-order valence-corrected chi connectivity index (χ0v) is 20.5. The molecule has 1 aliphatic heterocycles. The second-order valence-electron chi connectivity index (χ2n) is 7.56. The average Bonchev–Trinajstić information content (AvgIpc) is 2.83. The molecule has 33 heavy (non-hydrogen) atoms. The Balaban J connectivity index is 1.64. The second kappa shape index (κ2) is 11.1. The average molecular weight is 497 g/mol. The van der Waals surface area contributed by atoms with Gasteiger partial charge in [0.1, 0.15) is 22.1 Å². The number of ether oxygens (including phenoxy) is 3. The molecule has 0 atom stereocenters. The lowest BCUT2D eigenvalue weighted by molar-refractivity contribution is -0.126. The molecule has 0 radical (unpaired) electrons. The largest absolute Gasteiger partial charge is 0.496 e. The van der Waals surface area contributed by atoms with Gasteiger partial charge in [0.2, 0.25) is 15.9 Å². The third-order valence-electron chi connectivity index (χ3n) is 5.62. The third kappa shape index (κ3) is 5.72. The summed E-state index contributed by atoms with van der Waals surface area (Å²) < 4.78 is 44.1. The van der Waals surface area contributed by atoms with E-state index in [-0.39, 0.29) is 42.1 Å². The molecule has 1 saturated heterocycles. The smallest absolute Gasteiger partial charge is 0.246 e. The van der Waals surface area contributed by atoms with E-state index in [1.165, 1.54) is 10.4 Å². The van der Waals surface area contributed by atoms with Crippen molar-refractivity contribution in [2.75, 3.05) is 33.9 Å². The van der Waals surface area contributed by atoms with Crippen LogP contribution in [0, 0.1) is 5.92 Å². The topological polar surface area (TPSA) is 94.2 Å². The van der Waals surface area contributed by atoms with Gasteiger partial charge < -0.3 is 19.5 Å². The number of methoxy groups -OCH3 is 2. The van der Waals surface area contributed by atoms with Gasteiger partial charge >= 0.3 is 0 Å². The van der Waals surface area contributed by atoms with Crippen LogP contribution in [0.5, 0.6) is 17.2 Å². The van der Waals surface area contributed by atoms with E-state index in [0.717, 1.165) is 5.56 Å². The highest BCUT2D eigenvalue weighted by Gasteiger charge is 2.34. The molecule has 0 aliphatic carbocycles. The number of sulfonamides is 1. The first-order valence-electron chi connectivity index (χ1n) is 10.7. The van der Waals surface area contributed by atoms with Gasteiger partial charge in [-0.05, 0) is 50.1 Å². The van der Waals surface area contributed by atoms with Crippen molar-refractivity contribution in [3.63, 3.8) is 0 Å². The summed E-state index contributed by atoms with van der Waals surface area (Å²) in [5.74, 6) is 1.11. The fraction of sp³-hybridized carbons (Fsp3) is 0.435. The summed E-state index contributed by atoms with van der Waals surface area (Å²) in [7, 11) is -0.675. The number of halogens is 1. The van der Waals surface area contributed by atoms with E-state index >= 15 is 0 Å². The number of nitrogens with zero attached hydrogens (tertiary/aromatic N) is 1. The van der Waals surface area contributed by atoms with Crippen LogP contribution in [0.2, 0.25) is 5.02 Å². The van der Waals surface area contributed by atoms with Crippen molar-refractivity contribution < 1.29 is 27.4 Å². The van der Waals surface area contributed by atoms with Gasteiger partial charge in [0.25, 0.3) is 0 Å². The highest BCUT2D eigenvalue weighted by Crippen LogP contribution is 2.32. The van der Waals surface area contributed by atoms with Gasteiger partial charge in [0.15, 0.2) is 0 Å². The number of piperidine rings is 1. The summed E-state index contributed by atoms with van der Waals surface area (Å²) in [5, 5.41) is 3.25. The van der Waals surface area contributed by atoms with Crippen molar-refractivity contribution in [3.05, 3.63) is 47.0 Å². The van der Waals surface area contributed by atoms with E-state index in [4.69, 9.17) is 25.8 Å². The maximum atomic E-state index is 13.2. The van der Waals surface area contributed by atoms with Gasteiger partial charge in [-0.15, -0.1) is 0 Å². The van der Waals surface area contributed by atoms with Gasteiger partial charge in [-0.2, -0.15) is 4.31 Å². The van der Waals surface area contributed by atoms with Crippen molar-refractivity contribution in [2.45, 2.75) is 31.2 Å². The molecule has 0 saturated carbocycles. The third-order valence-corrected chi connectivity index (χ3v) is 7.77. The summed E-state index contributed by atoms with van der Waals surface area (Å²) in [6.07, 6.45) is 0.831. The standard InChI is InChI=1S/C23H29ClN2O6S/c1-4-32-21-9-8-17(24)14-22(21)33(28,29)26-12-10-16(11-13-26)23(27)25-15-18-19(30-2)6-5-7-20(18)31-3/h5-9,14,16H,4,10-13,15H2,1-3H3,(H,25,27). The Morgan fingerprint density at radius 1 is 1.09 bits per heavy atom. The number of carbonyl (C=O) groups is 1. The maximum absolute atomic E-state index is 13.2. The molecular formula is C23H29ClN2O6S. The fourth-order valence-corrected chi connectivity index (χ4v) is 5.74. The molecule has 0 aromatic heterocycles. The first-order chi connectivity index (χ1) is 15.8. The first-order valence-corrected chi connectivity index (χ1v) is 12.5. The minimum atomic E-state index is -3.80. The normalized spacial score (nSPS) is 15.2. The summed E-state index contributed by atoms with van der Waals surface area (Å²) in [6, 6.07) is 9.99. The number of benzene rings is 2. The zero-order valence-electron chi connectivity index (χ0n) is 19.0. The van der Waals surface area contributed by atoms with E-state index in [2.05, 4.69) is 5.32 Å². The van der Waals surface area contributed by atoms with Crippen LogP contribution in [0.4, 0.5) is 0 Å². The Labute approximate surface area is 199 Å². The molecular weight excluding hydrogens is 468 g/mol. The summed E-state index contributed by atoms with van der Waals surface area (Å²) in [4.78, 5) is 12.8. The Hall–Kier alpha value is -2.49. The number of amides is 1. The number of hydrogen-bond donors (Lipinski definition) is 1. The second-order valence-corrected chi connectivity index (χ2v) is 9.90. The Morgan fingerprint density at radius 2 is 1.73 bits per heavy atom. The lowest BCUT2D eigenvalue weighted by Gasteiger charge is -2.31. The van der Waals surface area contributed by atoms with Gasteiger partial charge in [0, 0.05) is 24.0 Å². The maximum Gasteiger partial charge on any atom is 0.246 e. The van der Waals surface area contributed by atoms with Crippen molar-refractivity contribution >= 4 is 27.5 Å². The van der Waals surface area contributed by atoms with Crippen molar-refractivity contribution in [3.8, 4) is 17.2 Å². The molecule has 1 N–H and O–H groups in total. The Kier molecular flexibility index (Phi) is 8.45. The van der Waals surface area contributed by atoms with E-state index < -0.39 is 10.0 Å². The van der Waals surface area contributed by atoms with Gasteiger partial charge in [-0.3, -0.25) is 4.79 Å². The minimum absolute atomic E-state index is 0.0445. The zero-order chi connectivity index (χ0) is 24.0. The van der Waals surface area contributed by atoms with Crippen LogP contribution >= 0.6 is 11.6 Å². The van der Waals surface area contributed by atoms with Crippen LogP contribution in [-0.4, -0.2) is 52.5 Å². The predicted octanol–water partition coefficient (Wildman–Crippen LogP) is 3.47. The lowest BCUT2D eigenvalue weighted by Crippen LogP contribution is -2.43. The van der Waals surface area contributed by atoms with Crippen LogP contribution in [0.1, 0.15) is 25.3 Å². The molecule has 1 fully saturated rings. The first kappa shape index (κ1) is 25.1. The molecule has 1 aliphatic rings. The van der Waals surface area contributed by atoms with E-state index in [0.29, 0.717) is 36.0 Å². The molecule has 1 heterocycles. The highest BCUT2D eigenvalue weighted by molar-refractivity contribution is 7.89. The predicted molar refractivity (Wildman–Crippen MR) is 125 cm³/mol. The van der Waals surface area contributed by atoms with E-state index in [1.807, 2.05) is 6.07 Å². The Morgan fingerprint density at radius 3 is 2.30 bits per heavy atom. The van der Waals surface area contributed by atoms with Crippen molar-refractivity contribution in [1.29, 1.82) is 0 Å². The van der Waals surface area contributed by atoms with Crippen LogP contribution < -0.4 is 19.5 Å². The van der Waals surface area contributed by atoms with Crippen LogP contribution in [0.15, 0.2) is 41.3 Å². The van der Waals surface area contributed by atoms with Gasteiger partial charge in [-0.25, -0.2) is 8.42 Å².